The molecule has 0 fully saturated rings. The molecule has 0 unspecified atom stereocenters. The normalized spacial score (nSPS) is 10.7. The molecule has 1 nitrogen and oxygen atoms in total. The summed E-state index contributed by atoms with van der Waals surface area (Å²) in [6.07, 6.45) is 6.27. The van der Waals surface area contributed by atoms with Crippen LogP contribution in [-0.4, -0.2) is 6.29 Å². The molecule has 0 spiro atoms. The third-order valence-electron chi connectivity index (χ3n) is 2.43. The lowest BCUT2D eigenvalue weighted by atomic mass is 10.2. The van der Waals surface area contributed by atoms with Crippen LogP contribution in [0.4, 0.5) is 0 Å². The zero-order valence-electron chi connectivity index (χ0n) is 8.19. The van der Waals surface area contributed by atoms with Gasteiger partial charge in [0.15, 0.2) is 6.29 Å². The van der Waals surface area contributed by atoms with Gasteiger partial charge in [0, 0.05) is 9.40 Å². The van der Waals surface area contributed by atoms with Gasteiger partial charge in [0.05, 0.1) is 9.75 Å². The second-order valence-corrected chi connectivity index (χ2v) is 5.65. The van der Waals surface area contributed by atoms with Crippen LogP contribution in [0.2, 0.25) is 0 Å². The summed E-state index contributed by atoms with van der Waals surface area (Å²) in [5.74, 6) is 2.65. The quantitative estimate of drug-likeness (QED) is 0.467. The molecule has 0 aliphatic rings. The number of rotatable bonds is 1. The molecule has 16 heavy (non-hydrogen) atoms. The van der Waals surface area contributed by atoms with E-state index in [4.69, 9.17) is 6.42 Å². The standard InChI is InChI=1S/C13H6OS2/c1-2-10-3-8-5-13-9(6-12(8)15-10)4-11(7-14)16-13/h1,3-7H. The highest BCUT2D eigenvalue weighted by Gasteiger charge is 2.05. The van der Waals surface area contributed by atoms with Crippen molar-refractivity contribution in [2.24, 2.45) is 0 Å². The summed E-state index contributed by atoms with van der Waals surface area (Å²) in [4.78, 5) is 12.4. The number of benzene rings is 1. The Bertz CT molecular complexity index is 689. The second kappa shape index (κ2) is 3.44. The number of fused-ring (bicyclic) bond motifs is 2. The van der Waals surface area contributed by atoms with Crippen LogP contribution >= 0.6 is 22.7 Å². The SMILES string of the molecule is C#Cc1cc2cc3sc(C=O)cc3cc2s1. The molecule has 2 heterocycles. The summed E-state index contributed by atoms with van der Waals surface area (Å²) in [5, 5.41) is 2.27. The van der Waals surface area contributed by atoms with E-state index in [2.05, 4.69) is 18.1 Å². The Hall–Kier alpha value is -1.63. The molecule has 0 aliphatic heterocycles. The Labute approximate surface area is 100 Å². The number of carbonyl (C=O) groups excluding carboxylic acids is 1. The summed E-state index contributed by atoms with van der Waals surface area (Å²) in [5.41, 5.74) is 0. The molecule has 0 aliphatic carbocycles. The Morgan fingerprint density at radius 1 is 1.06 bits per heavy atom. The number of thiophene rings is 2. The topological polar surface area (TPSA) is 17.1 Å². The molecule has 1 aromatic carbocycles. The fourth-order valence-corrected chi connectivity index (χ4v) is 3.53. The van der Waals surface area contributed by atoms with E-state index in [0.717, 1.165) is 31.5 Å². The van der Waals surface area contributed by atoms with Crippen molar-refractivity contribution in [1.29, 1.82) is 0 Å². The molecule has 0 saturated carbocycles. The zero-order chi connectivity index (χ0) is 11.1. The van der Waals surface area contributed by atoms with E-state index in [-0.39, 0.29) is 0 Å². The maximum absolute atomic E-state index is 10.7. The van der Waals surface area contributed by atoms with Crippen LogP contribution in [0.5, 0.6) is 0 Å². The fourth-order valence-electron chi connectivity index (χ4n) is 1.72. The highest BCUT2D eigenvalue weighted by molar-refractivity contribution is 7.21. The van der Waals surface area contributed by atoms with Gasteiger partial charge in [-0.25, -0.2) is 0 Å². The van der Waals surface area contributed by atoms with Crippen molar-refractivity contribution >= 4 is 49.1 Å². The molecular formula is C13H6OS2. The predicted octanol–water partition coefficient (Wildman–Crippen LogP) is 3.91. The van der Waals surface area contributed by atoms with Crippen molar-refractivity contribution in [1.82, 2.24) is 0 Å². The minimum atomic E-state index is 0.768. The van der Waals surface area contributed by atoms with Crippen molar-refractivity contribution in [2.75, 3.05) is 0 Å². The third-order valence-corrected chi connectivity index (χ3v) is 4.49. The summed E-state index contributed by atoms with van der Waals surface area (Å²) in [7, 11) is 0. The van der Waals surface area contributed by atoms with E-state index in [9.17, 15) is 4.79 Å². The zero-order valence-corrected chi connectivity index (χ0v) is 9.82. The smallest absolute Gasteiger partial charge is 0.160 e. The van der Waals surface area contributed by atoms with Crippen molar-refractivity contribution in [2.45, 2.75) is 0 Å². The van der Waals surface area contributed by atoms with Gasteiger partial charge in [-0.05, 0) is 35.0 Å². The lowest BCUT2D eigenvalue weighted by Crippen LogP contribution is -1.63. The van der Waals surface area contributed by atoms with Gasteiger partial charge in [-0.2, -0.15) is 0 Å². The van der Waals surface area contributed by atoms with Crippen LogP contribution in [0.1, 0.15) is 14.5 Å². The summed E-state index contributed by atoms with van der Waals surface area (Å²) in [6, 6.07) is 8.13. The van der Waals surface area contributed by atoms with Gasteiger partial charge in [0.1, 0.15) is 0 Å². The molecule has 0 N–H and O–H groups in total. The average Bonchev–Trinajstić information content (AvgIpc) is 2.86. The van der Waals surface area contributed by atoms with Gasteiger partial charge < -0.3 is 0 Å². The Balaban J connectivity index is 2.38. The highest BCUT2D eigenvalue weighted by Crippen LogP contribution is 2.33. The third kappa shape index (κ3) is 1.35. The molecule has 76 valence electrons. The lowest BCUT2D eigenvalue weighted by molar-refractivity contribution is 0.112. The number of hydrogen-bond acceptors (Lipinski definition) is 3. The first-order chi connectivity index (χ1) is 7.80. The Kier molecular flexibility index (Phi) is 2.06. The number of terminal acetylenes is 1. The van der Waals surface area contributed by atoms with E-state index < -0.39 is 0 Å². The molecule has 0 atom stereocenters. The van der Waals surface area contributed by atoms with Gasteiger partial charge in [-0.3, -0.25) is 4.79 Å². The van der Waals surface area contributed by atoms with Crippen molar-refractivity contribution in [3.05, 3.63) is 34.0 Å². The molecule has 3 heteroatoms. The first kappa shape index (κ1) is 9.59. The van der Waals surface area contributed by atoms with Gasteiger partial charge in [-0.15, -0.1) is 29.1 Å². The minimum absolute atomic E-state index is 0.768. The van der Waals surface area contributed by atoms with Gasteiger partial charge in [-0.1, -0.05) is 5.92 Å². The first-order valence-electron chi connectivity index (χ1n) is 4.69. The minimum Gasteiger partial charge on any atom is -0.297 e. The van der Waals surface area contributed by atoms with Crippen molar-refractivity contribution in [3.63, 3.8) is 0 Å². The first-order valence-corrected chi connectivity index (χ1v) is 6.32. The molecule has 0 radical (unpaired) electrons. The number of carbonyl (C=O) groups is 1. The van der Waals surface area contributed by atoms with E-state index in [1.807, 2.05) is 12.1 Å². The van der Waals surface area contributed by atoms with Crippen LogP contribution in [0.25, 0.3) is 20.2 Å². The predicted molar refractivity (Wildman–Crippen MR) is 70.5 cm³/mol. The van der Waals surface area contributed by atoms with E-state index in [1.54, 1.807) is 11.3 Å². The number of hydrogen-bond donors (Lipinski definition) is 0. The lowest BCUT2D eigenvalue weighted by Gasteiger charge is -1.89. The summed E-state index contributed by atoms with van der Waals surface area (Å²) >= 11 is 3.12. The van der Waals surface area contributed by atoms with Crippen LogP contribution < -0.4 is 0 Å². The summed E-state index contributed by atoms with van der Waals surface area (Å²) in [6.45, 7) is 0. The van der Waals surface area contributed by atoms with Crippen molar-refractivity contribution in [3.8, 4) is 12.3 Å². The summed E-state index contributed by atoms with van der Waals surface area (Å²) < 4.78 is 2.31. The molecule has 3 aromatic rings. The second-order valence-electron chi connectivity index (χ2n) is 3.45. The molecule has 2 aromatic heterocycles. The average molecular weight is 242 g/mol. The van der Waals surface area contributed by atoms with E-state index in [0.29, 0.717) is 0 Å². The molecule has 0 amide bonds. The van der Waals surface area contributed by atoms with Crippen LogP contribution in [-0.2, 0) is 0 Å². The maximum Gasteiger partial charge on any atom is 0.160 e. The van der Waals surface area contributed by atoms with E-state index in [1.165, 1.54) is 16.0 Å². The highest BCUT2D eigenvalue weighted by atomic mass is 32.1. The Morgan fingerprint density at radius 2 is 1.75 bits per heavy atom. The van der Waals surface area contributed by atoms with Crippen molar-refractivity contribution < 1.29 is 4.79 Å². The Morgan fingerprint density at radius 3 is 2.44 bits per heavy atom. The monoisotopic (exact) mass is 242 g/mol. The van der Waals surface area contributed by atoms with Crippen LogP contribution in [0.3, 0.4) is 0 Å². The van der Waals surface area contributed by atoms with Gasteiger partial charge >= 0.3 is 0 Å². The molecule has 3 rings (SSSR count). The molecular weight excluding hydrogens is 236 g/mol. The maximum atomic E-state index is 10.7. The van der Waals surface area contributed by atoms with Crippen LogP contribution in [0.15, 0.2) is 24.3 Å². The van der Waals surface area contributed by atoms with E-state index >= 15 is 0 Å². The van der Waals surface area contributed by atoms with Crippen LogP contribution in [0, 0.1) is 12.3 Å². The van der Waals surface area contributed by atoms with Gasteiger partial charge in [0.2, 0.25) is 0 Å². The fraction of sp³-hybridized carbons (Fsp3) is 0. The van der Waals surface area contributed by atoms with Gasteiger partial charge in [0.25, 0.3) is 0 Å². The molecule has 0 bridgehead atoms. The number of aldehydes is 1. The largest absolute Gasteiger partial charge is 0.297 e. The molecule has 0 saturated heterocycles.